The molecule has 0 aliphatic carbocycles. The van der Waals surface area contributed by atoms with Crippen molar-refractivity contribution in [3.05, 3.63) is 24.3 Å². The number of hydrogen-bond donors (Lipinski definition) is 0. The Balaban J connectivity index is 2.46. The molecule has 1 unspecified atom stereocenters. The molecule has 0 aliphatic rings. The van der Waals surface area contributed by atoms with Gasteiger partial charge in [0.25, 0.3) is 0 Å². The van der Waals surface area contributed by atoms with Crippen LogP contribution in [0.4, 0.5) is 26.3 Å². The Kier molecular flexibility index (Phi) is 7.47. The van der Waals surface area contributed by atoms with E-state index >= 15 is 0 Å². The van der Waals surface area contributed by atoms with Gasteiger partial charge in [-0.05, 0) is 31.2 Å². The number of hydrogen-bond acceptors (Lipinski definition) is 6. The summed E-state index contributed by atoms with van der Waals surface area (Å²) in [4.78, 5) is 22.1. The van der Waals surface area contributed by atoms with E-state index in [1.165, 1.54) is 31.2 Å². The SMILES string of the molecule is CC(OC(=O)C(F)(F)F)Sc1ccc(SCOC(=O)C(F)(F)F)cc1. The highest BCUT2D eigenvalue weighted by Gasteiger charge is 2.42. The van der Waals surface area contributed by atoms with Gasteiger partial charge in [-0.25, -0.2) is 9.59 Å². The first-order valence-corrected chi connectivity index (χ1v) is 8.17. The summed E-state index contributed by atoms with van der Waals surface area (Å²) in [5.74, 6) is -5.15. The highest BCUT2D eigenvalue weighted by atomic mass is 32.2. The van der Waals surface area contributed by atoms with Crippen LogP contribution in [0, 0.1) is 0 Å². The van der Waals surface area contributed by atoms with Gasteiger partial charge in [-0.15, -0.1) is 0 Å². The van der Waals surface area contributed by atoms with E-state index in [1.54, 1.807) is 0 Å². The second kappa shape index (κ2) is 8.70. The van der Waals surface area contributed by atoms with Crippen molar-refractivity contribution >= 4 is 35.5 Å². The van der Waals surface area contributed by atoms with Crippen LogP contribution in [-0.2, 0) is 19.1 Å². The van der Waals surface area contributed by atoms with Gasteiger partial charge in [0.15, 0.2) is 0 Å². The molecule has 1 rings (SSSR count). The average Bonchev–Trinajstić information content (AvgIpc) is 2.46. The largest absolute Gasteiger partial charge is 0.490 e. The number of carbonyl (C=O) groups excluding carboxylic acids is 2. The molecule has 0 saturated heterocycles. The maximum absolute atomic E-state index is 12.1. The van der Waals surface area contributed by atoms with Gasteiger partial charge in [0.1, 0.15) is 11.4 Å². The van der Waals surface area contributed by atoms with Crippen LogP contribution in [0.25, 0.3) is 0 Å². The number of rotatable bonds is 6. The minimum atomic E-state index is -5.08. The molecule has 0 radical (unpaired) electrons. The van der Waals surface area contributed by atoms with E-state index < -0.39 is 35.7 Å². The van der Waals surface area contributed by atoms with Gasteiger partial charge in [-0.1, -0.05) is 23.5 Å². The Morgan fingerprint density at radius 3 is 1.92 bits per heavy atom. The second-order valence-electron chi connectivity index (χ2n) is 4.25. The fourth-order valence-electron chi connectivity index (χ4n) is 1.28. The molecule has 1 aromatic rings. The van der Waals surface area contributed by atoms with E-state index in [2.05, 4.69) is 9.47 Å². The molecule has 12 heteroatoms. The lowest BCUT2D eigenvalue weighted by Crippen LogP contribution is -2.27. The predicted molar refractivity (Wildman–Crippen MR) is 76.8 cm³/mol. The molecule has 0 N–H and O–H groups in total. The van der Waals surface area contributed by atoms with Crippen molar-refractivity contribution in [1.82, 2.24) is 0 Å². The Hall–Kier alpha value is -1.56. The molecule has 140 valence electrons. The Morgan fingerprint density at radius 1 is 0.960 bits per heavy atom. The first-order chi connectivity index (χ1) is 11.4. The van der Waals surface area contributed by atoms with E-state index in [9.17, 15) is 35.9 Å². The molecule has 0 fully saturated rings. The van der Waals surface area contributed by atoms with Crippen LogP contribution in [0.3, 0.4) is 0 Å². The minimum absolute atomic E-state index is 0.471. The molecular weight excluding hydrogens is 398 g/mol. The third-order valence-electron chi connectivity index (χ3n) is 2.28. The summed E-state index contributed by atoms with van der Waals surface area (Å²) in [6.45, 7) is 1.26. The van der Waals surface area contributed by atoms with Crippen LogP contribution >= 0.6 is 23.5 Å². The second-order valence-corrected chi connectivity index (χ2v) is 6.62. The zero-order valence-corrected chi connectivity index (χ0v) is 13.9. The lowest BCUT2D eigenvalue weighted by atomic mass is 10.4. The normalized spacial score (nSPS) is 13.2. The number of alkyl halides is 6. The van der Waals surface area contributed by atoms with E-state index in [-0.39, 0.29) is 0 Å². The number of carbonyl (C=O) groups is 2. The van der Waals surface area contributed by atoms with Crippen molar-refractivity contribution in [3.63, 3.8) is 0 Å². The molecule has 0 amide bonds. The zero-order valence-electron chi connectivity index (χ0n) is 12.3. The maximum atomic E-state index is 12.1. The number of benzene rings is 1. The molecule has 0 aromatic heterocycles. The fourth-order valence-corrected chi connectivity index (χ4v) is 2.72. The van der Waals surface area contributed by atoms with Gasteiger partial charge in [-0.3, -0.25) is 0 Å². The maximum Gasteiger partial charge on any atom is 0.490 e. The number of esters is 2. The number of thioether (sulfide) groups is 2. The molecule has 0 spiro atoms. The number of halogens is 6. The van der Waals surface area contributed by atoms with Crippen molar-refractivity contribution in [1.29, 1.82) is 0 Å². The summed E-state index contributed by atoms with van der Waals surface area (Å²) in [6, 6.07) is 5.87. The van der Waals surface area contributed by atoms with Crippen molar-refractivity contribution in [2.75, 3.05) is 5.94 Å². The van der Waals surface area contributed by atoms with Crippen molar-refractivity contribution in [2.24, 2.45) is 0 Å². The van der Waals surface area contributed by atoms with Gasteiger partial charge in [-0.2, -0.15) is 26.3 Å². The molecule has 0 bridgehead atoms. The van der Waals surface area contributed by atoms with Crippen LogP contribution in [0.2, 0.25) is 0 Å². The summed E-state index contributed by atoms with van der Waals surface area (Å²) in [7, 11) is 0. The summed E-state index contributed by atoms with van der Waals surface area (Å²) in [6.07, 6.45) is -10.1. The van der Waals surface area contributed by atoms with Crippen LogP contribution in [0.1, 0.15) is 6.92 Å². The van der Waals surface area contributed by atoms with E-state index in [0.29, 0.717) is 9.79 Å². The quantitative estimate of drug-likeness (QED) is 0.301. The van der Waals surface area contributed by atoms with Gasteiger partial charge in [0, 0.05) is 9.79 Å². The lowest BCUT2D eigenvalue weighted by Gasteiger charge is -2.14. The van der Waals surface area contributed by atoms with Gasteiger partial charge in [0.2, 0.25) is 0 Å². The van der Waals surface area contributed by atoms with Crippen LogP contribution in [0.15, 0.2) is 34.1 Å². The standard InChI is InChI=1S/C13H10F6O4S2/c1-7(23-11(21)13(17,18)19)25-9-4-2-8(3-5-9)24-6-22-10(20)12(14,15)16/h2-5,7H,6H2,1H3. The average molecular weight is 408 g/mol. The molecule has 0 heterocycles. The lowest BCUT2D eigenvalue weighted by molar-refractivity contribution is -0.200. The van der Waals surface area contributed by atoms with Gasteiger partial charge < -0.3 is 9.47 Å². The van der Waals surface area contributed by atoms with E-state index in [1.807, 2.05) is 0 Å². The van der Waals surface area contributed by atoms with Crippen LogP contribution in [-0.4, -0.2) is 35.7 Å². The smallest absolute Gasteiger partial charge is 0.448 e. The van der Waals surface area contributed by atoms with Gasteiger partial charge >= 0.3 is 24.3 Å². The fraction of sp³-hybridized carbons (Fsp3) is 0.385. The van der Waals surface area contributed by atoms with E-state index in [4.69, 9.17) is 0 Å². The summed E-state index contributed by atoms with van der Waals surface area (Å²) < 4.78 is 80.1. The third-order valence-corrected chi connectivity index (χ3v) is 4.09. The predicted octanol–water partition coefficient (Wildman–Crippen LogP) is 4.39. The monoisotopic (exact) mass is 408 g/mol. The van der Waals surface area contributed by atoms with Crippen LogP contribution in [0.5, 0.6) is 0 Å². The molecule has 25 heavy (non-hydrogen) atoms. The minimum Gasteiger partial charge on any atom is -0.448 e. The van der Waals surface area contributed by atoms with Crippen molar-refractivity contribution < 1.29 is 45.4 Å². The zero-order chi connectivity index (χ0) is 19.3. The molecular formula is C13H10F6O4S2. The third kappa shape index (κ3) is 7.90. The summed E-state index contributed by atoms with van der Waals surface area (Å²) in [5.41, 5.74) is -1.10. The Labute approximate surface area is 146 Å². The molecule has 1 aromatic carbocycles. The summed E-state index contributed by atoms with van der Waals surface area (Å²) in [5, 5.41) is 0. The van der Waals surface area contributed by atoms with Gasteiger partial charge in [0.05, 0.1) is 0 Å². The molecule has 1 atom stereocenters. The van der Waals surface area contributed by atoms with Crippen molar-refractivity contribution in [2.45, 2.75) is 34.5 Å². The molecule has 0 saturated carbocycles. The Morgan fingerprint density at radius 2 is 1.44 bits per heavy atom. The first-order valence-electron chi connectivity index (χ1n) is 6.31. The Bertz CT molecular complexity index is 600. The highest BCUT2D eigenvalue weighted by Crippen LogP contribution is 2.29. The number of ether oxygens (including phenoxy) is 2. The summed E-state index contributed by atoms with van der Waals surface area (Å²) >= 11 is 1.66. The van der Waals surface area contributed by atoms with Crippen LogP contribution < -0.4 is 0 Å². The molecule has 4 nitrogen and oxygen atoms in total. The topological polar surface area (TPSA) is 52.6 Å². The van der Waals surface area contributed by atoms with Crippen molar-refractivity contribution in [3.8, 4) is 0 Å². The molecule has 0 aliphatic heterocycles. The van der Waals surface area contributed by atoms with E-state index in [0.717, 1.165) is 23.5 Å². The first kappa shape index (κ1) is 21.5. The highest BCUT2D eigenvalue weighted by molar-refractivity contribution is 8.00.